The van der Waals surface area contributed by atoms with E-state index in [0.29, 0.717) is 11.4 Å². The number of fused-ring (bicyclic) bond motifs is 1. The number of carbonyl (C=O) groups excluding carboxylic acids is 1. The Morgan fingerprint density at radius 3 is 2.27 bits per heavy atom. The van der Waals surface area contributed by atoms with E-state index in [0.717, 1.165) is 17.0 Å². The molecule has 0 aliphatic heterocycles. The normalized spacial score (nSPS) is 12.5. The molecule has 0 aliphatic rings. The second kappa shape index (κ2) is 7.17. The van der Waals surface area contributed by atoms with Crippen LogP contribution in [0.5, 0.6) is 5.75 Å². The van der Waals surface area contributed by atoms with Gasteiger partial charge in [0.1, 0.15) is 5.75 Å². The van der Waals surface area contributed by atoms with E-state index in [2.05, 4.69) is 5.32 Å². The summed E-state index contributed by atoms with van der Waals surface area (Å²) in [5.41, 5.74) is 0.691. The maximum absolute atomic E-state index is 12.3. The van der Waals surface area contributed by atoms with Crippen LogP contribution in [0.2, 0.25) is 0 Å². The van der Waals surface area contributed by atoms with Gasteiger partial charge >= 0.3 is 0 Å². The van der Waals surface area contributed by atoms with Crippen LogP contribution < -0.4 is 10.1 Å². The number of hydrogen-bond donors (Lipinski definition) is 1. The number of nitrogens with one attached hydrogen (secondary N) is 1. The molecule has 3 aromatic rings. The monoisotopic (exact) mass is 369 g/mol. The van der Waals surface area contributed by atoms with Crippen molar-refractivity contribution in [2.75, 3.05) is 11.6 Å². The highest BCUT2D eigenvalue weighted by Gasteiger charge is 2.15. The second-order valence-corrected chi connectivity index (χ2v) is 8.07. The molecule has 3 aromatic carbocycles. The van der Waals surface area contributed by atoms with Crippen LogP contribution in [0.1, 0.15) is 6.92 Å². The minimum absolute atomic E-state index is 0.207. The van der Waals surface area contributed by atoms with Crippen LogP contribution in [0.25, 0.3) is 10.8 Å². The van der Waals surface area contributed by atoms with E-state index in [1.807, 2.05) is 42.5 Å². The quantitative estimate of drug-likeness (QED) is 0.745. The van der Waals surface area contributed by atoms with Gasteiger partial charge in [0.05, 0.1) is 4.90 Å². The third-order valence-electron chi connectivity index (χ3n) is 3.95. The van der Waals surface area contributed by atoms with Gasteiger partial charge in [-0.25, -0.2) is 8.42 Å². The fourth-order valence-corrected chi connectivity index (χ4v) is 3.16. The minimum atomic E-state index is -3.26. The standard InChI is InChI=1S/C20H19NO4S/c1-14(25-18-9-11-19(12-10-18)26(2,23)24)20(22)21-17-8-7-15-5-3-4-6-16(15)13-17/h3-14H,1-2H3,(H,21,22). The number of rotatable bonds is 5. The molecule has 0 saturated heterocycles. The lowest BCUT2D eigenvalue weighted by atomic mass is 10.1. The van der Waals surface area contributed by atoms with Crippen LogP contribution in [0.15, 0.2) is 71.6 Å². The van der Waals surface area contributed by atoms with Crippen LogP contribution in [0, 0.1) is 0 Å². The maximum atomic E-state index is 12.3. The number of amides is 1. The number of hydrogen-bond acceptors (Lipinski definition) is 4. The molecule has 0 spiro atoms. The third kappa shape index (κ3) is 4.21. The van der Waals surface area contributed by atoms with Gasteiger partial charge < -0.3 is 10.1 Å². The fourth-order valence-electron chi connectivity index (χ4n) is 2.53. The second-order valence-electron chi connectivity index (χ2n) is 6.05. The molecule has 0 aromatic heterocycles. The summed E-state index contributed by atoms with van der Waals surface area (Å²) in [5.74, 6) is 0.144. The molecular formula is C20H19NO4S. The zero-order valence-electron chi connectivity index (χ0n) is 14.5. The summed E-state index contributed by atoms with van der Waals surface area (Å²) in [6, 6.07) is 19.6. The number of ether oxygens (including phenoxy) is 1. The molecule has 1 amide bonds. The zero-order valence-corrected chi connectivity index (χ0v) is 15.3. The van der Waals surface area contributed by atoms with E-state index in [1.165, 1.54) is 24.3 Å². The van der Waals surface area contributed by atoms with Crippen molar-refractivity contribution in [2.24, 2.45) is 0 Å². The summed E-state index contributed by atoms with van der Waals surface area (Å²) in [4.78, 5) is 12.6. The predicted molar refractivity (Wildman–Crippen MR) is 102 cm³/mol. The highest BCUT2D eigenvalue weighted by Crippen LogP contribution is 2.20. The first-order valence-corrected chi connectivity index (χ1v) is 9.98. The Morgan fingerprint density at radius 2 is 1.62 bits per heavy atom. The van der Waals surface area contributed by atoms with Gasteiger partial charge in [-0.05, 0) is 54.1 Å². The number of benzene rings is 3. The van der Waals surface area contributed by atoms with Crippen molar-refractivity contribution in [3.63, 3.8) is 0 Å². The van der Waals surface area contributed by atoms with Crippen molar-refractivity contribution in [1.82, 2.24) is 0 Å². The molecule has 6 heteroatoms. The number of carbonyl (C=O) groups is 1. The smallest absolute Gasteiger partial charge is 0.265 e. The Labute approximate surface area is 152 Å². The molecule has 1 unspecified atom stereocenters. The summed E-state index contributed by atoms with van der Waals surface area (Å²) in [6.45, 7) is 1.64. The molecule has 0 heterocycles. The van der Waals surface area contributed by atoms with Gasteiger partial charge in [-0.15, -0.1) is 0 Å². The molecular weight excluding hydrogens is 350 g/mol. The summed E-state index contributed by atoms with van der Waals surface area (Å²) in [5, 5.41) is 4.97. The van der Waals surface area contributed by atoms with E-state index in [9.17, 15) is 13.2 Å². The third-order valence-corrected chi connectivity index (χ3v) is 5.08. The fraction of sp³-hybridized carbons (Fsp3) is 0.150. The number of sulfone groups is 1. The lowest BCUT2D eigenvalue weighted by Crippen LogP contribution is -2.30. The van der Waals surface area contributed by atoms with Crippen LogP contribution in [-0.4, -0.2) is 26.7 Å². The van der Waals surface area contributed by atoms with Gasteiger partial charge in [-0.1, -0.05) is 30.3 Å². The van der Waals surface area contributed by atoms with Crippen LogP contribution in [0.4, 0.5) is 5.69 Å². The maximum Gasteiger partial charge on any atom is 0.265 e. The number of anilines is 1. The highest BCUT2D eigenvalue weighted by atomic mass is 32.2. The Bertz CT molecular complexity index is 1040. The minimum Gasteiger partial charge on any atom is -0.481 e. The molecule has 5 nitrogen and oxygen atoms in total. The van der Waals surface area contributed by atoms with E-state index < -0.39 is 15.9 Å². The van der Waals surface area contributed by atoms with E-state index in [1.54, 1.807) is 6.92 Å². The zero-order chi connectivity index (χ0) is 18.7. The summed E-state index contributed by atoms with van der Waals surface area (Å²) in [6.07, 6.45) is 0.410. The predicted octanol–water partition coefficient (Wildman–Crippen LogP) is 3.65. The average molecular weight is 369 g/mol. The first-order valence-electron chi connectivity index (χ1n) is 8.09. The topological polar surface area (TPSA) is 72.5 Å². The molecule has 1 atom stereocenters. The van der Waals surface area contributed by atoms with E-state index in [4.69, 9.17) is 4.74 Å². The van der Waals surface area contributed by atoms with Gasteiger partial charge in [0, 0.05) is 11.9 Å². The average Bonchev–Trinajstić information content (AvgIpc) is 2.61. The van der Waals surface area contributed by atoms with Crippen LogP contribution in [0.3, 0.4) is 0 Å². The van der Waals surface area contributed by atoms with Crippen LogP contribution in [-0.2, 0) is 14.6 Å². The van der Waals surface area contributed by atoms with Gasteiger partial charge in [-0.2, -0.15) is 0 Å². The van der Waals surface area contributed by atoms with Crippen molar-refractivity contribution in [2.45, 2.75) is 17.9 Å². The Kier molecular flexibility index (Phi) is 4.95. The molecule has 3 rings (SSSR count). The van der Waals surface area contributed by atoms with Gasteiger partial charge in [-0.3, -0.25) is 4.79 Å². The van der Waals surface area contributed by atoms with E-state index in [-0.39, 0.29) is 10.8 Å². The Morgan fingerprint density at radius 1 is 0.962 bits per heavy atom. The van der Waals surface area contributed by atoms with Crippen molar-refractivity contribution in [3.8, 4) is 5.75 Å². The molecule has 26 heavy (non-hydrogen) atoms. The lowest BCUT2D eigenvalue weighted by Gasteiger charge is -2.15. The van der Waals surface area contributed by atoms with Gasteiger partial charge in [0.15, 0.2) is 15.9 Å². The first-order chi connectivity index (χ1) is 12.3. The van der Waals surface area contributed by atoms with Gasteiger partial charge in [0.2, 0.25) is 0 Å². The molecule has 0 radical (unpaired) electrons. The SMILES string of the molecule is CC(Oc1ccc(S(C)(=O)=O)cc1)C(=O)Nc1ccc2ccccc2c1. The molecule has 0 fully saturated rings. The summed E-state index contributed by atoms with van der Waals surface area (Å²) in [7, 11) is -3.26. The largest absolute Gasteiger partial charge is 0.481 e. The highest BCUT2D eigenvalue weighted by molar-refractivity contribution is 7.90. The van der Waals surface area contributed by atoms with Crippen molar-refractivity contribution >= 4 is 32.2 Å². The van der Waals surface area contributed by atoms with Crippen molar-refractivity contribution < 1.29 is 17.9 Å². The Hall–Kier alpha value is -2.86. The molecule has 0 aliphatic carbocycles. The Balaban J connectivity index is 1.67. The van der Waals surface area contributed by atoms with Crippen molar-refractivity contribution in [1.29, 1.82) is 0 Å². The lowest BCUT2D eigenvalue weighted by molar-refractivity contribution is -0.122. The first kappa shape index (κ1) is 17.9. The molecule has 0 bridgehead atoms. The van der Waals surface area contributed by atoms with Crippen molar-refractivity contribution in [3.05, 3.63) is 66.7 Å². The molecule has 1 N–H and O–H groups in total. The molecule has 0 saturated carbocycles. The van der Waals surface area contributed by atoms with E-state index >= 15 is 0 Å². The van der Waals surface area contributed by atoms with Crippen LogP contribution >= 0.6 is 0 Å². The summed E-state index contributed by atoms with van der Waals surface area (Å²) >= 11 is 0. The van der Waals surface area contributed by atoms with Gasteiger partial charge in [0.25, 0.3) is 5.91 Å². The molecule has 134 valence electrons. The summed E-state index contributed by atoms with van der Waals surface area (Å²) < 4.78 is 28.5.